The molecule has 7 heteroatoms. The van der Waals surface area contributed by atoms with Crippen LogP contribution in [0.5, 0.6) is 0 Å². The SMILES string of the molecule is NCc1ccc(-c2nnnn2-c2ccc(C(=O)O)cc2)cc1. The van der Waals surface area contributed by atoms with Crippen molar-refractivity contribution >= 4 is 5.97 Å². The molecule has 110 valence electrons. The maximum Gasteiger partial charge on any atom is 0.335 e. The van der Waals surface area contributed by atoms with Crippen molar-refractivity contribution < 1.29 is 9.90 Å². The molecule has 0 bridgehead atoms. The van der Waals surface area contributed by atoms with Gasteiger partial charge in [0.25, 0.3) is 0 Å². The van der Waals surface area contributed by atoms with Crippen molar-refractivity contribution in [3.63, 3.8) is 0 Å². The second kappa shape index (κ2) is 5.74. The molecule has 3 N–H and O–H groups in total. The van der Waals surface area contributed by atoms with E-state index in [0.29, 0.717) is 18.1 Å². The van der Waals surface area contributed by atoms with Crippen LogP contribution in [-0.2, 0) is 6.54 Å². The lowest BCUT2D eigenvalue weighted by Gasteiger charge is -2.05. The summed E-state index contributed by atoms with van der Waals surface area (Å²) >= 11 is 0. The van der Waals surface area contributed by atoms with E-state index in [1.165, 1.54) is 12.1 Å². The lowest BCUT2D eigenvalue weighted by atomic mass is 10.1. The minimum Gasteiger partial charge on any atom is -0.478 e. The van der Waals surface area contributed by atoms with E-state index in [4.69, 9.17) is 10.8 Å². The van der Waals surface area contributed by atoms with Gasteiger partial charge in [-0.3, -0.25) is 0 Å². The minimum atomic E-state index is -0.971. The first-order valence-corrected chi connectivity index (χ1v) is 6.60. The maximum absolute atomic E-state index is 10.9. The highest BCUT2D eigenvalue weighted by Crippen LogP contribution is 2.20. The highest BCUT2D eigenvalue weighted by Gasteiger charge is 2.11. The zero-order valence-electron chi connectivity index (χ0n) is 11.5. The lowest BCUT2D eigenvalue weighted by Crippen LogP contribution is -2.02. The van der Waals surface area contributed by atoms with Gasteiger partial charge in [-0.05, 0) is 40.3 Å². The molecule has 3 aromatic rings. The number of aromatic carboxylic acids is 1. The normalized spacial score (nSPS) is 10.6. The van der Waals surface area contributed by atoms with Crippen LogP contribution < -0.4 is 5.73 Å². The predicted molar refractivity (Wildman–Crippen MR) is 79.4 cm³/mol. The second-order valence-electron chi connectivity index (χ2n) is 4.67. The summed E-state index contributed by atoms with van der Waals surface area (Å²) in [6, 6.07) is 14.0. The number of benzene rings is 2. The molecular weight excluding hydrogens is 282 g/mol. The number of nitrogens with zero attached hydrogens (tertiary/aromatic N) is 4. The number of hydrogen-bond donors (Lipinski definition) is 2. The smallest absolute Gasteiger partial charge is 0.335 e. The molecule has 22 heavy (non-hydrogen) atoms. The number of carboxylic acid groups (broad SMARTS) is 1. The van der Waals surface area contributed by atoms with Crippen LogP contribution in [0, 0.1) is 0 Å². The van der Waals surface area contributed by atoms with E-state index in [1.54, 1.807) is 16.8 Å². The van der Waals surface area contributed by atoms with Crippen LogP contribution in [0.25, 0.3) is 17.1 Å². The van der Waals surface area contributed by atoms with Crippen molar-refractivity contribution in [2.24, 2.45) is 5.73 Å². The minimum absolute atomic E-state index is 0.214. The third-order valence-electron chi connectivity index (χ3n) is 3.28. The summed E-state index contributed by atoms with van der Waals surface area (Å²) in [5, 5.41) is 20.6. The molecule has 0 amide bonds. The predicted octanol–water partition coefficient (Wildman–Crippen LogP) is 1.49. The van der Waals surface area contributed by atoms with Gasteiger partial charge in [-0.15, -0.1) is 5.10 Å². The maximum atomic E-state index is 10.9. The summed E-state index contributed by atoms with van der Waals surface area (Å²) in [4.78, 5) is 10.9. The number of tetrazole rings is 1. The summed E-state index contributed by atoms with van der Waals surface area (Å²) in [6.45, 7) is 0.474. The zero-order chi connectivity index (χ0) is 15.5. The molecular formula is C15H13N5O2. The van der Waals surface area contributed by atoms with E-state index >= 15 is 0 Å². The average molecular weight is 295 g/mol. The number of carboxylic acids is 1. The van der Waals surface area contributed by atoms with E-state index in [9.17, 15) is 4.79 Å². The van der Waals surface area contributed by atoms with Gasteiger partial charge in [0.15, 0.2) is 5.82 Å². The molecule has 0 fully saturated rings. The van der Waals surface area contributed by atoms with Crippen molar-refractivity contribution in [1.29, 1.82) is 0 Å². The van der Waals surface area contributed by atoms with E-state index in [2.05, 4.69) is 15.5 Å². The summed E-state index contributed by atoms with van der Waals surface area (Å²) in [5.74, 6) is -0.396. The molecule has 0 aliphatic heterocycles. The quantitative estimate of drug-likeness (QED) is 0.755. The Morgan fingerprint density at radius 3 is 2.36 bits per heavy atom. The van der Waals surface area contributed by atoms with Crippen LogP contribution in [0.2, 0.25) is 0 Å². The topological polar surface area (TPSA) is 107 Å². The Bertz CT molecular complexity index is 794. The van der Waals surface area contributed by atoms with Crippen LogP contribution in [0.1, 0.15) is 15.9 Å². The van der Waals surface area contributed by atoms with Gasteiger partial charge >= 0.3 is 5.97 Å². The molecule has 0 saturated carbocycles. The summed E-state index contributed by atoms with van der Waals surface area (Å²) < 4.78 is 1.56. The molecule has 0 unspecified atom stereocenters. The Balaban J connectivity index is 1.99. The number of nitrogens with two attached hydrogens (primary N) is 1. The second-order valence-corrected chi connectivity index (χ2v) is 4.67. The van der Waals surface area contributed by atoms with E-state index in [-0.39, 0.29) is 5.56 Å². The fourth-order valence-electron chi connectivity index (χ4n) is 2.08. The summed E-state index contributed by atoms with van der Waals surface area (Å²) in [7, 11) is 0. The van der Waals surface area contributed by atoms with Crippen LogP contribution in [0.15, 0.2) is 48.5 Å². The van der Waals surface area contributed by atoms with Gasteiger partial charge < -0.3 is 10.8 Å². The molecule has 1 heterocycles. The summed E-state index contributed by atoms with van der Waals surface area (Å²) in [6.07, 6.45) is 0. The Labute approximate surface area is 126 Å². The summed E-state index contributed by atoms with van der Waals surface area (Å²) in [5.41, 5.74) is 8.36. The van der Waals surface area contributed by atoms with Crippen molar-refractivity contribution in [2.45, 2.75) is 6.54 Å². The Hall–Kier alpha value is -3.06. The molecule has 0 radical (unpaired) electrons. The standard InChI is InChI=1S/C15H13N5O2/c16-9-10-1-3-11(4-2-10)14-17-18-19-20(14)13-7-5-12(6-8-13)15(21)22/h1-8H,9,16H2,(H,21,22). The molecule has 3 rings (SSSR count). The van der Waals surface area contributed by atoms with Crippen molar-refractivity contribution in [3.05, 3.63) is 59.7 Å². The Kier molecular flexibility index (Phi) is 3.63. The largest absolute Gasteiger partial charge is 0.478 e. The fourth-order valence-corrected chi connectivity index (χ4v) is 2.08. The highest BCUT2D eigenvalue weighted by atomic mass is 16.4. The molecule has 0 atom stereocenters. The molecule has 0 spiro atoms. The van der Waals surface area contributed by atoms with Crippen molar-refractivity contribution in [1.82, 2.24) is 20.2 Å². The molecule has 0 aliphatic rings. The number of rotatable bonds is 4. The Morgan fingerprint density at radius 1 is 1.09 bits per heavy atom. The van der Waals surface area contributed by atoms with Crippen molar-refractivity contribution in [2.75, 3.05) is 0 Å². The van der Waals surface area contributed by atoms with Gasteiger partial charge in [-0.2, -0.15) is 4.68 Å². The average Bonchev–Trinajstić information content (AvgIpc) is 3.04. The first kappa shape index (κ1) is 13.9. The van der Waals surface area contributed by atoms with Crippen LogP contribution >= 0.6 is 0 Å². The van der Waals surface area contributed by atoms with E-state index in [0.717, 1.165) is 11.1 Å². The number of aromatic nitrogens is 4. The third kappa shape index (κ3) is 2.57. The first-order valence-electron chi connectivity index (χ1n) is 6.60. The lowest BCUT2D eigenvalue weighted by molar-refractivity contribution is 0.0697. The monoisotopic (exact) mass is 295 g/mol. The first-order chi connectivity index (χ1) is 10.7. The van der Waals surface area contributed by atoms with Crippen molar-refractivity contribution in [3.8, 4) is 17.1 Å². The van der Waals surface area contributed by atoms with Gasteiger partial charge in [0.05, 0.1) is 11.3 Å². The van der Waals surface area contributed by atoms with Crippen LogP contribution in [-0.4, -0.2) is 31.3 Å². The van der Waals surface area contributed by atoms with Gasteiger partial charge in [-0.1, -0.05) is 24.3 Å². The molecule has 0 aliphatic carbocycles. The number of hydrogen-bond acceptors (Lipinski definition) is 5. The molecule has 1 aromatic heterocycles. The molecule has 7 nitrogen and oxygen atoms in total. The van der Waals surface area contributed by atoms with Crippen LogP contribution in [0.3, 0.4) is 0 Å². The van der Waals surface area contributed by atoms with E-state index < -0.39 is 5.97 Å². The Morgan fingerprint density at radius 2 is 1.77 bits per heavy atom. The third-order valence-corrected chi connectivity index (χ3v) is 3.28. The zero-order valence-corrected chi connectivity index (χ0v) is 11.5. The molecule has 2 aromatic carbocycles. The highest BCUT2D eigenvalue weighted by molar-refractivity contribution is 5.87. The van der Waals surface area contributed by atoms with Gasteiger partial charge in [0.1, 0.15) is 0 Å². The fraction of sp³-hybridized carbons (Fsp3) is 0.0667. The van der Waals surface area contributed by atoms with E-state index in [1.807, 2.05) is 24.3 Å². The van der Waals surface area contributed by atoms with Gasteiger partial charge in [0, 0.05) is 12.1 Å². The number of carbonyl (C=O) groups is 1. The van der Waals surface area contributed by atoms with Gasteiger partial charge in [0.2, 0.25) is 0 Å². The van der Waals surface area contributed by atoms with Gasteiger partial charge in [-0.25, -0.2) is 4.79 Å². The van der Waals surface area contributed by atoms with Crippen LogP contribution in [0.4, 0.5) is 0 Å². The molecule has 0 saturated heterocycles.